The molecule has 166 valence electrons. The highest BCUT2D eigenvalue weighted by molar-refractivity contribution is 6.24. The molecule has 1 amide bonds. The first-order valence-electron chi connectivity index (χ1n) is 11.2. The maximum Gasteiger partial charge on any atom is 0.237 e. The number of aliphatic imine (C=N–C) groups is 2. The van der Waals surface area contributed by atoms with E-state index in [1.54, 1.807) is 13.3 Å². The molecule has 8 heteroatoms. The van der Waals surface area contributed by atoms with Gasteiger partial charge in [0.15, 0.2) is 0 Å². The standard InChI is InChI=1S/C23H31N5O3/c1-14-7-19(15-8-18(30-4)11-24-9-15)26-21-20(14)22(29)28(23(21,2)3)17-10-25-27(12-17)16-5-6-31-13-16/h7,9-10,12,14-16,18,20H,5-6,8,11,13H2,1-4H3/t14?,15?,16-,18?,20?/m1/s1. The summed E-state index contributed by atoms with van der Waals surface area (Å²) < 4.78 is 13.0. The molecular formula is C23H31N5O3. The Bertz CT molecular complexity index is 956. The van der Waals surface area contributed by atoms with Crippen LogP contribution in [0.5, 0.6) is 0 Å². The third-order valence-electron chi connectivity index (χ3n) is 7.13. The number of hydrogen-bond donors (Lipinski definition) is 0. The number of hydrogen-bond acceptors (Lipinski definition) is 6. The van der Waals surface area contributed by atoms with Gasteiger partial charge in [-0.25, -0.2) is 0 Å². The molecule has 5 heterocycles. The van der Waals surface area contributed by atoms with Crippen molar-refractivity contribution in [1.82, 2.24) is 9.78 Å². The highest BCUT2D eigenvalue weighted by Gasteiger charge is 2.54. The lowest BCUT2D eigenvalue weighted by Gasteiger charge is -2.32. The van der Waals surface area contributed by atoms with Crippen LogP contribution >= 0.6 is 0 Å². The van der Waals surface area contributed by atoms with Crippen LogP contribution in [0.1, 0.15) is 39.7 Å². The van der Waals surface area contributed by atoms with Gasteiger partial charge in [-0.3, -0.25) is 24.4 Å². The molecule has 0 bridgehead atoms. The molecule has 2 fully saturated rings. The third-order valence-corrected chi connectivity index (χ3v) is 7.13. The van der Waals surface area contributed by atoms with E-state index in [0.29, 0.717) is 13.2 Å². The molecule has 4 aliphatic rings. The van der Waals surface area contributed by atoms with Crippen LogP contribution in [0.15, 0.2) is 34.2 Å². The number of fused-ring (bicyclic) bond motifs is 1. The van der Waals surface area contributed by atoms with E-state index in [2.05, 4.69) is 36.9 Å². The highest BCUT2D eigenvalue weighted by Crippen LogP contribution is 2.43. The minimum Gasteiger partial charge on any atom is -0.379 e. The van der Waals surface area contributed by atoms with Gasteiger partial charge in [-0.1, -0.05) is 13.0 Å². The van der Waals surface area contributed by atoms with Gasteiger partial charge in [-0.05, 0) is 32.6 Å². The fraction of sp³-hybridized carbons (Fsp3) is 0.652. The fourth-order valence-electron chi connectivity index (χ4n) is 5.37. The Morgan fingerprint density at radius 1 is 1.32 bits per heavy atom. The van der Waals surface area contributed by atoms with Crippen molar-refractivity contribution in [2.75, 3.05) is 31.8 Å². The minimum atomic E-state index is -0.526. The zero-order valence-corrected chi connectivity index (χ0v) is 18.7. The normalized spacial score (nSPS) is 34.6. The second-order valence-corrected chi connectivity index (χ2v) is 9.57. The first-order chi connectivity index (χ1) is 14.9. The van der Waals surface area contributed by atoms with E-state index in [0.717, 1.165) is 36.5 Å². The van der Waals surface area contributed by atoms with Crippen LogP contribution in [0.2, 0.25) is 0 Å². The summed E-state index contributed by atoms with van der Waals surface area (Å²) in [5.41, 5.74) is 2.24. The summed E-state index contributed by atoms with van der Waals surface area (Å²) in [5, 5.41) is 4.54. The van der Waals surface area contributed by atoms with Gasteiger partial charge >= 0.3 is 0 Å². The predicted octanol–water partition coefficient (Wildman–Crippen LogP) is 2.67. The number of allylic oxidation sites excluding steroid dienone is 2. The maximum atomic E-state index is 13.6. The summed E-state index contributed by atoms with van der Waals surface area (Å²) in [7, 11) is 1.73. The lowest BCUT2D eigenvalue weighted by Crippen LogP contribution is -2.45. The number of carbonyl (C=O) groups is 1. The van der Waals surface area contributed by atoms with E-state index in [9.17, 15) is 4.79 Å². The van der Waals surface area contributed by atoms with E-state index in [1.807, 2.05) is 22.0 Å². The highest BCUT2D eigenvalue weighted by atomic mass is 16.5. The van der Waals surface area contributed by atoms with Crippen molar-refractivity contribution in [2.45, 2.75) is 51.3 Å². The van der Waals surface area contributed by atoms with Crippen molar-refractivity contribution in [3.05, 3.63) is 24.2 Å². The van der Waals surface area contributed by atoms with Crippen molar-refractivity contribution in [3.63, 3.8) is 0 Å². The second-order valence-electron chi connectivity index (χ2n) is 9.57. The molecule has 1 aromatic heterocycles. The van der Waals surface area contributed by atoms with Crippen LogP contribution in [-0.2, 0) is 14.3 Å². The quantitative estimate of drug-likeness (QED) is 0.743. The zero-order valence-electron chi connectivity index (χ0n) is 18.7. The Kier molecular flexibility index (Phi) is 5.09. The molecule has 8 nitrogen and oxygen atoms in total. The van der Waals surface area contributed by atoms with Crippen molar-refractivity contribution < 1.29 is 14.3 Å². The van der Waals surface area contributed by atoms with Gasteiger partial charge in [0.2, 0.25) is 5.91 Å². The minimum absolute atomic E-state index is 0.0777. The monoisotopic (exact) mass is 425 g/mol. The Morgan fingerprint density at radius 2 is 2.16 bits per heavy atom. The number of anilines is 1. The molecule has 0 spiro atoms. The number of ether oxygens (including phenoxy) is 2. The van der Waals surface area contributed by atoms with Crippen molar-refractivity contribution >= 4 is 23.5 Å². The lowest BCUT2D eigenvalue weighted by atomic mass is 9.80. The average Bonchev–Trinajstić information content (AvgIpc) is 3.48. The summed E-state index contributed by atoms with van der Waals surface area (Å²) in [6, 6.07) is 0.237. The van der Waals surface area contributed by atoms with Gasteiger partial charge in [0, 0.05) is 37.7 Å². The maximum absolute atomic E-state index is 13.6. The molecule has 0 aliphatic carbocycles. The summed E-state index contributed by atoms with van der Waals surface area (Å²) in [4.78, 5) is 25.0. The Balaban J connectivity index is 1.46. The zero-order chi connectivity index (χ0) is 21.8. The molecule has 2 saturated heterocycles. The molecule has 1 aromatic rings. The van der Waals surface area contributed by atoms with Crippen LogP contribution in [0.3, 0.4) is 0 Å². The summed E-state index contributed by atoms with van der Waals surface area (Å²) in [6.07, 6.45) is 9.86. The van der Waals surface area contributed by atoms with Crippen LogP contribution in [0, 0.1) is 17.8 Å². The summed E-state index contributed by atoms with van der Waals surface area (Å²) >= 11 is 0. The molecule has 0 aromatic carbocycles. The van der Waals surface area contributed by atoms with E-state index >= 15 is 0 Å². The number of aromatic nitrogens is 2. The number of carbonyl (C=O) groups excluding carboxylic acids is 1. The molecule has 4 aliphatic heterocycles. The van der Waals surface area contributed by atoms with Gasteiger partial charge in [0.1, 0.15) is 0 Å². The smallest absolute Gasteiger partial charge is 0.237 e. The molecule has 5 rings (SSSR count). The van der Waals surface area contributed by atoms with Gasteiger partial charge in [0.25, 0.3) is 0 Å². The lowest BCUT2D eigenvalue weighted by molar-refractivity contribution is -0.120. The average molecular weight is 426 g/mol. The van der Waals surface area contributed by atoms with E-state index in [1.165, 1.54) is 0 Å². The van der Waals surface area contributed by atoms with Crippen molar-refractivity contribution in [2.24, 2.45) is 27.7 Å². The predicted molar refractivity (Wildman–Crippen MR) is 119 cm³/mol. The molecule has 4 unspecified atom stereocenters. The second kappa shape index (κ2) is 7.67. The van der Waals surface area contributed by atoms with E-state index in [-0.39, 0.29) is 35.8 Å². The molecular weight excluding hydrogens is 394 g/mol. The Hall–Kier alpha value is -2.32. The topological polar surface area (TPSA) is 81.3 Å². The molecule has 5 atom stereocenters. The van der Waals surface area contributed by atoms with Crippen molar-refractivity contribution in [1.29, 1.82) is 0 Å². The molecule has 31 heavy (non-hydrogen) atoms. The number of nitrogens with zero attached hydrogens (tertiary/aromatic N) is 5. The fourth-order valence-corrected chi connectivity index (χ4v) is 5.37. The van der Waals surface area contributed by atoms with E-state index < -0.39 is 5.54 Å². The first-order valence-corrected chi connectivity index (χ1v) is 11.2. The number of rotatable bonds is 4. The summed E-state index contributed by atoms with van der Waals surface area (Å²) in [5.74, 6) is 0.0602. The largest absolute Gasteiger partial charge is 0.379 e. The molecule has 0 radical (unpaired) electrons. The van der Waals surface area contributed by atoms with Crippen LogP contribution < -0.4 is 4.90 Å². The SMILES string of the molecule is COC1CN=CC(C2=CC(C)C3C(=O)N(c4cnn([C@@H]5CCOC5)c4)C(C)(C)C3=N2)C1. The van der Waals surface area contributed by atoms with Gasteiger partial charge < -0.3 is 9.47 Å². The van der Waals surface area contributed by atoms with Gasteiger partial charge in [-0.2, -0.15) is 5.10 Å². The Morgan fingerprint density at radius 3 is 2.90 bits per heavy atom. The molecule has 0 N–H and O–H groups in total. The number of amides is 1. The van der Waals surface area contributed by atoms with Gasteiger partial charge in [-0.15, -0.1) is 0 Å². The van der Waals surface area contributed by atoms with Crippen LogP contribution in [0.4, 0.5) is 5.69 Å². The first kappa shape index (κ1) is 20.6. The third kappa shape index (κ3) is 3.36. The Labute approximate surface area is 183 Å². The van der Waals surface area contributed by atoms with Crippen LogP contribution in [0.25, 0.3) is 0 Å². The summed E-state index contributed by atoms with van der Waals surface area (Å²) in [6.45, 7) is 8.41. The molecule has 0 saturated carbocycles. The van der Waals surface area contributed by atoms with Gasteiger partial charge in [0.05, 0.1) is 54.4 Å². The van der Waals surface area contributed by atoms with Crippen molar-refractivity contribution in [3.8, 4) is 0 Å². The van der Waals surface area contributed by atoms with E-state index in [4.69, 9.17) is 14.5 Å². The number of methoxy groups -OCH3 is 1. The van der Waals surface area contributed by atoms with Crippen LogP contribution in [-0.4, -0.2) is 66.1 Å².